The summed E-state index contributed by atoms with van der Waals surface area (Å²) < 4.78 is 24.6. The third-order valence-electron chi connectivity index (χ3n) is 15.1. The molecule has 0 saturated carbocycles. The number of likely N-dealkylation sites (tertiary alicyclic amines) is 2. The van der Waals surface area contributed by atoms with Crippen LogP contribution in [0.4, 0.5) is 14.4 Å². The van der Waals surface area contributed by atoms with E-state index in [2.05, 4.69) is 41.1 Å². The van der Waals surface area contributed by atoms with E-state index < -0.39 is 18.4 Å². The van der Waals surface area contributed by atoms with Gasteiger partial charge in [-0.3, -0.25) is 19.1 Å². The van der Waals surface area contributed by atoms with Crippen molar-refractivity contribution in [2.75, 3.05) is 72.6 Å². The molecule has 17 nitrogen and oxygen atoms in total. The number of benzene rings is 2. The van der Waals surface area contributed by atoms with E-state index in [1.807, 2.05) is 60.5 Å². The highest BCUT2D eigenvalue weighted by Crippen LogP contribution is 2.29. The number of urea groups is 1. The fourth-order valence-corrected chi connectivity index (χ4v) is 10.7. The van der Waals surface area contributed by atoms with Crippen LogP contribution in [0.15, 0.2) is 53.5 Å². The minimum Gasteiger partial charge on any atom is -0.434 e. The molecule has 4 aromatic rings. The average molecular weight is 1010 g/mol. The van der Waals surface area contributed by atoms with Crippen LogP contribution in [-0.2, 0) is 43.6 Å². The standard InChI is InChI=1S/C56H82N8O9/c1-5-7-9-11-13-17-33-70-55(68)72-40-63-39-46-36-43(35-42(3)51(46)58-63)37-49(53(66)61-31-29-60(30-32-61)47-23-25-59(4)26-24-47)57-54(67)62-27-21-44(22-28-62)48-38-45-19-15-16-20-50(45)64(52(48)65)41-73-56(69)71-34-18-14-12-10-8-6-2/h15-16,19-20,35-36,38-39,44,47,49H,5-14,17-18,21-34,37,40-41H2,1-4H3,(H,57,67). The third-order valence-corrected chi connectivity index (χ3v) is 15.1. The summed E-state index contributed by atoms with van der Waals surface area (Å²) >= 11 is 0. The number of aromatic nitrogens is 3. The van der Waals surface area contributed by atoms with Crippen molar-refractivity contribution in [3.63, 3.8) is 0 Å². The van der Waals surface area contributed by atoms with Crippen molar-refractivity contribution in [3.8, 4) is 0 Å². The number of aryl methyl sites for hydroxylation is 1. The van der Waals surface area contributed by atoms with Gasteiger partial charge >= 0.3 is 18.3 Å². The summed E-state index contributed by atoms with van der Waals surface area (Å²) in [6, 6.07) is 12.8. The molecule has 7 rings (SSSR count). The zero-order chi connectivity index (χ0) is 51.5. The normalized spacial score (nSPS) is 16.7. The lowest BCUT2D eigenvalue weighted by atomic mass is 9.89. The van der Waals surface area contributed by atoms with E-state index in [0.29, 0.717) is 62.7 Å². The maximum absolute atomic E-state index is 14.6. The lowest BCUT2D eigenvalue weighted by Crippen LogP contribution is -2.59. The molecule has 0 bridgehead atoms. The van der Waals surface area contributed by atoms with Gasteiger partial charge in [0.15, 0.2) is 13.5 Å². The molecule has 1 atom stereocenters. The number of nitrogens with one attached hydrogen (secondary N) is 1. The number of rotatable bonds is 24. The first kappa shape index (κ1) is 55.1. The van der Waals surface area contributed by atoms with Crippen LogP contribution in [-0.4, -0.2) is 143 Å². The van der Waals surface area contributed by atoms with Gasteiger partial charge < -0.3 is 39.0 Å². The smallest absolute Gasteiger partial charge is 0.434 e. The molecule has 73 heavy (non-hydrogen) atoms. The minimum atomic E-state index is -0.832. The molecule has 2 aromatic carbocycles. The number of carbonyl (C=O) groups is 4. The summed E-state index contributed by atoms with van der Waals surface area (Å²) in [4.78, 5) is 76.6. The van der Waals surface area contributed by atoms with Crippen LogP contribution < -0.4 is 10.9 Å². The van der Waals surface area contributed by atoms with Gasteiger partial charge in [0.25, 0.3) is 5.56 Å². The third kappa shape index (κ3) is 15.9. The van der Waals surface area contributed by atoms with Crippen LogP contribution in [0.25, 0.3) is 21.8 Å². The SMILES string of the molecule is CCCCCCCCOC(=O)OCn1cc2cc(CC(NC(=O)N3CCC(c4cc5ccccc5n(COC(=O)OCCCCCCCC)c4=O)CC3)C(=O)N3CCN(C4CCN(C)CC4)CC3)cc(C)c2n1. The second kappa shape index (κ2) is 28.1. The van der Waals surface area contributed by atoms with Gasteiger partial charge in [-0.15, -0.1) is 0 Å². The lowest BCUT2D eigenvalue weighted by Gasteiger charge is -2.43. The van der Waals surface area contributed by atoms with E-state index in [-0.39, 0.29) is 49.9 Å². The Morgan fingerprint density at radius 3 is 1.96 bits per heavy atom. The molecule has 0 aliphatic carbocycles. The quantitative estimate of drug-likeness (QED) is 0.0522. The molecule has 1 unspecified atom stereocenters. The van der Waals surface area contributed by atoms with Crippen LogP contribution in [0.1, 0.15) is 139 Å². The molecule has 17 heteroatoms. The van der Waals surface area contributed by atoms with Gasteiger partial charge in [-0.05, 0) is 106 Å². The predicted octanol–water partition coefficient (Wildman–Crippen LogP) is 9.34. The number of hydrogen-bond acceptors (Lipinski definition) is 12. The van der Waals surface area contributed by atoms with E-state index in [1.165, 1.54) is 43.1 Å². The maximum Gasteiger partial charge on any atom is 0.510 e. The van der Waals surface area contributed by atoms with Gasteiger partial charge in [0.2, 0.25) is 5.91 Å². The molecule has 0 radical (unpaired) electrons. The summed E-state index contributed by atoms with van der Waals surface area (Å²) in [5, 5.41) is 9.52. The van der Waals surface area contributed by atoms with Gasteiger partial charge in [-0.1, -0.05) is 102 Å². The topological polar surface area (TPSA) is 170 Å². The Bertz CT molecular complexity index is 2470. The van der Waals surface area contributed by atoms with Crippen molar-refractivity contribution in [3.05, 3.63) is 75.7 Å². The Hall–Kier alpha value is -5.68. The largest absolute Gasteiger partial charge is 0.510 e. The first-order valence-electron chi connectivity index (χ1n) is 27.5. The number of carbonyl (C=O) groups excluding carboxylic acids is 4. The molecule has 400 valence electrons. The first-order valence-corrected chi connectivity index (χ1v) is 27.5. The second-order valence-electron chi connectivity index (χ2n) is 20.6. The number of nitrogens with zero attached hydrogens (tertiary/aromatic N) is 7. The first-order chi connectivity index (χ1) is 35.5. The zero-order valence-corrected chi connectivity index (χ0v) is 44.2. The highest BCUT2D eigenvalue weighted by atomic mass is 16.7. The van der Waals surface area contributed by atoms with Crippen LogP contribution in [0.5, 0.6) is 0 Å². The van der Waals surface area contributed by atoms with E-state index in [0.717, 1.165) is 105 Å². The average Bonchev–Trinajstić information content (AvgIpc) is 3.83. The number of pyridine rings is 1. The van der Waals surface area contributed by atoms with Gasteiger partial charge in [0.1, 0.15) is 6.04 Å². The lowest BCUT2D eigenvalue weighted by molar-refractivity contribution is -0.135. The molecule has 0 spiro atoms. The van der Waals surface area contributed by atoms with E-state index >= 15 is 0 Å². The number of unbranched alkanes of at least 4 members (excludes halogenated alkanes) is 10. The molecule has 3 fully saturated rings. The van der Waals surface area contributed by atoms with E-state index in [4.69, 9.17) is 18.9 Å². The number of para-hydroxylation sites is 1. The van der Waals surface area contributed by atoms with Crippen molar-refractivity contribution in [2.45, 2.75) is 161 Å². The molecular formula is C56H82N8O9. The Morgan fingerprint density at radius 2 is 1.30 bits per heavy atom. The summed E-state index contributed by atoms with van der Waals surface area (Å²) in [5.41, 5.74) is 3.54. The van der Waals surface area contributed by atoms with E-state index in [1.54, 1.807) is 9.58 Å². The number of amides is 3. The molecule has 3 saturated heterocycles. The Balaban J connectivity index is 0.986. The molecular weight excluding hydrogens is 929 g/mol. The highest BCUT2D eigenvalue weighted by molar-refractivity contribution is 5.88. The fraction of sp³-hybridized carbons (Fsp3) is 0.643. The molecule has 2 aromatic heterocycles. The molecule has 1 N–H and O–H groups in total. The molecule has 3 aliphatic rings. The van der Waals surface area contributed by atoms with Crippen molar-refractivity contribution in [1.82, 2.24) is 39.3 Å². The van der Waals surface area contributed by atoms with Gasteiger partial charge in [0.05, 0.1) is 24.2 Å². The summed E-state index contributed by atoms with van der Waals surface area (Å²) in [5.74, 6) is -0.250. The predicted molar refractivity (Wildman–Crippen MR) is 283 cm³/mol. The number of fused-ring (bicyclic) bond motifs is 2. The van der Waals surface area contributed by atoms with Crippen LogP contribution in [0.2, 0.25) is 0 Å². The van der Waals surface area contributed by atoms with Crippen molar-refractivity contribution >= 4 is 46.1 Å². The van der Waals surface area contributed by atoms with Crippen LogP contribution in [0.3, 0.4) is 0 Å². The minimum absolute atomic E-state index is 0.0998. The van der Waals surface area contributed by atoms with Crippen LogP contribution in [0, 0.1) is 6.92 Å². The number of piperidine rings is 2. The fourth-order valence-electron chi connectivity index (χ4n) is 10.7. The summed E-state index contributed by atoms with van der Waals surface area (Å²) in [6.07, 6.45) is 16.8. The number of hydrogen-bond donors (Lipinski definition) is 1. The monoisotopic (exact) mass is 1010 g/mol. The maximum atomic E-state index is 14.6. The molecule has 5 heterocycles. The van der Waals surface area contributed by atoms with Gasteiger partial charge in [-0.25, -0.2) is 19.1 Å². The summed E-state index contributed by atoms with van der Waals surface area (Å²) in [7, 11) is 2.17. The second-order valence-corrected chi connectivity index (χ2v) is 20.6. The zero-order valence-electron chi connectivity index (χ0n) is 44.2. The van der Waals surface area contributed by atoms with Crippen molar-refractivity contribution < 1.29 is 38.1 Å². The van der Waals surface area contributed by atoms with E-state index in [9.17, 15) is 24.0 Å². The van der Waals surface area contributed by atoms with Crippen molar-refractivity contribution in [1.29, 1.82) is 0 Å². The van der Waals surface area contributed by atoms with Crippen molar-refractivity contribution in [2.24, 2.45) is 0 Å². The summed E-state index contributed by atoms with van der Waals surface area (Å²) in [6.45, 7) is 12.2. The molecule has 3 amide bonds. The van der Waals surface area contributed by atoms with Gasteiger partial charge in [-0.2, -0.15) is 5.10 Å². The Labute approximate surface area is 431 Å². The number of ether oxygens (including phenoxy) is 4. The Morgan fingerprint density at radius 1 is 0.685 bits per heavy atom. The van der Waals surface area contributed by atoms with Gasteiger partial charge in [0, 0.05) is 68.9 Å². The molecule has 3 aliphatic heterocycles. The Kier molecular flexibility index (Phi) is 21.2. The highest BCUT2D eigenvalue weighted by Gasteiger charge is 2.34. The number of piperazine rings is 1. The van der Waals surface area contributed by atoms with Crippen LogP contribution >= 0.6 is 0 Å².